The molecule has 0 saturated carbocycles. The van der Waals surface area contributed by atoms with Crippen molar-refractivity contribution in [3.8, 4) is 5.75 Å². The molecular weight excluding hydrogens is 582 g/mol. The zero-order valence-corrected chi connectivity index (χ0v) is 25.1. The van der Waals surface area contributed by atoms with Crippen molar-refractivity contribution in [1.82, 2.24) is 21.1 Å². The quantitative estimate of drug-likeness (QED) is 0.233. The number of aliphatic hydroxyl groups is 1. The molecule has 4 aliphatic rings. The number of benzene rings is 2. The molecule has 4 aliphatic heterocycles. The van der Waals surface area contributed by atoms with Gasteiger partial charge >= 0.3 is 6.09 Å². The van der Waals surface area contributed by atoms with Crippen LogP contribution in [0.5, 0.6) is 5.75 Å². The summed E-state index contributed by atoms with van der Waals surface area (Å²) in [6, 6.07) is 13.7. The van der Waals surface area contributed by atoms with Gasteiger partial charge in [-0.25, -0.2) is 9.80 Å². The third kappa shape index (κ3) is 8.03. The number of anilines is 1. The number of hydrazine groups is 1. The number of rotatable bonds is 11. The van der Waals surface area contributed by atoms with Crippen LogP contribution in [-0.2, 0) is 25.4 Å². The number of ether oxygens (including phenoxy) is 4. The van der Waals surface area contributed by atoms with E-state index >= 15 is 0 Å². The highest BCUT2D eigenvalue weighted by Gasteiger charge is 2.41. The molecule has 3 unspecified atom stereocenters. The molecule has 2 aromatic carbocycles. The fourth-order valence-electron chi connectivity index (χ4n) is 6.34. The zero-order chi connectivity index (χ0) is 31.2. The molecule has 3 fully saturated rings. The van der Waals surface area contributed by atoms with E-state index < -0.39 is 18.2 Å². The largest absolute Gasteiger partial charge is 0.490 e. The second-order valence-electron chi connectivity index (χ2n) is 11.9. The van der Waals surface area contributed by atoms with Crippen molar-refractivity contribution < 1.29 is 38.4 Å². The maximum atomic E-state index is 13.4. The van der Waals surface area contributed by atoms with E-state index in [1.165, 1.54) is 0 Å². The molecule has 6 rings (SSSR count). The smallest absolute Gasteiger partial charge is 0.407 e. The highest BCUT2D eigenvalue weighted by atomic mass is 16.7. The lowest BCUT2D eigenvalue weighted by Gasteiger charge is -2.34. The van der Waals surface area contributed by atoms with E-state index in [1.54, 1.807) is 23.2 Å². The number of aliphatic hydroxyl groups excluding tert-OH is 1. The van der Waals surface area contributed by atoms with Gasteiger partial charge in [0, 0.05) is 50.0 Å². The van der Waals surface area contributed by atoms with E-state index in [2.05, 4.69) is 21.4 Å². The van der Waals surface area contributed by atoms with Crippen molar-refractivity contribution in [1.29, 1.82) is 0 Å². The molecule has 3 amide bonds. The molecule has 0 aliphatic carbocycles. The summed E-state index contributed by atoms with van der Waals surface area (Å²) in [4.78, 5) is 38.6. The molecule has 4 heterocycles. The lowest BCUT2D eigenvalue weighted by Crippen LogP contribution is -2.56. The molecule has 13 nitrogen and oxygen atoms in total. The van der Waals surface area contributed by atoms with Crippen LogP contribution < -0.4 is 26.1 Å². The number of nitrogens with zero attached hydrogens (tertiary/aromatic N) is 1. The summed E-state index contributed by atoms with van der Waals surface area (Å²) in [7, 11) is 0. The van der Waals surface area contributed by atoms with Crippen LogP contribution in [-0.4, -0.2) is 98.1 Å². The van der Waals surface area contributed by atoms with Gasteiger partial charge in [0.25, 0.3) is 5.91 Å². The van der Waals surface area contributed by atoms with Gasteiger partial charge in [-0.15, -0.1) is 0 Å². The van der Waals surface area contributed by atoms with Gasteiger partial charge in [0.05, 0.1) is 31.0 Å². The van der Waals surface area contributed by atoms with Crippen molar-refractivity contribution in [2.75, 3.05) is 44.8 Å². The second kappa shape index (κ2) is 14.5. The monoisotopic (exact) mass is 623 g/mol. The van der Waals surface area contributed by atoms with Gasteiger partial charge in [-0.05, 0) is 43.0 Å². The van der Waals surface area contributed by atoms with Gasteiger partial charge in [0.1, 0.15) is 18.5 Å². The van der Waals surface area contributed by atoms with E-state index in [-0.39, 0.29) is 49.3 Å². The number of carbonyl (C=O) groups is 3. The minimum atomic E-state index is -1.11. The van der Waals surface area contributed by atoms with Crippen molar-refractivity contribution >= 4 is 23.6 Å². The number of fused-ring (bicyclic) bond motifs is 2. The molecule has 0 aromatic heterocycles. The highest BCUT2D eigenvalue weighted by Crippen LogP contribution is 2.32. The first kappa shape index (κ1) is 31.1. The maximum Gasteiger partial charge on any atom is 0.407 e. The third-order valence-electron chi connectivity index (χ3n) is 8.68. The van der Waals surface area contributed by atoms with Gasteiger partial charge in [-0.1, -0.05) is 30.3 Å². The van der Waals surface area contributed by atoms with Crippen LogP contribution in [0.4, 0.5) is 10.5 Å². The Morgan fingerprint density at radius 3 is 2.69 bits per heavy atom. The van der Waals surface area contributed by atoms with E-state index in [0.717, 1.165) is 17.7 Å². The topological polar surface area (TPSA) is 160 Å². The van der Waals surface area contributed by atoms with Crippen molar-refractivity contribution in [2.45, 2.75) is 62.7 Å². The highest BCUT2D eigenvalue weighted by molar-refractivity contribution is 5.95. The van der Waals surface area contributed by atoms with Crippen LogP contribution in [0, 0.1) is 5.92 Å². The molecule has 6 atom stereocenters. The maximum absolute atomic E-state index is 13.4. The van der Waals surface area contributed by atoms with Crippen LogP contribution in [0.1, 0.15) is 41.6 Å². The number of carbonyl (C=O) groups excluding carboxylic acids is 3. The Bertz CT molecular complexity index is 1350. The summed E-state index contributed by atoms with van der Waals surface area (Å²) in [5.41, 5.74) is 4.98. The fraction of sp³-hybridized carbons (Fsp3) is 0.531. The van der Waals surface area contributed by atoms with Gasteiger partial charge in [-0.2, -0.15) is 0 Å². The number of nitrogens with one attached hydrogen (secondary N) is 4. The molecule has 3 saturated heterocycles. The molecule has 0 spiro atoms. The normalized spacial score (nSPS) is 25.2. The summed E-state index contributed by atoms with van der Waals surface area (Å²) in [6.45, 7) is 2.44. The van der Waals surface area contributed by atoms with Gasteiger partial charge in [0.15, 0.2) is 6.29 Å². The van der Waals surface area contributed by atoms with Gasteiger partial charge < -0.3 is 40.0 Å². The Morgan fingerprint density at radius 1 is 1.07 bits per heavy atom. The van der Waals surface area contributed by atoms with E-state index in [1.807, 2.05) is 30.3 Å². The van der Waals surface area contributed by atoms with Gasteiger partial charge in [0.2, 0.25) is 5.91 Å². The Kier molecular flexibility index (Phi) is 9.99. The summed E-state index contributed by atoms with van der Waals surface area (Å²) in [6.07, 6.45) is 0.206. The van der Waals surface area contributed by atoms with Crippen LogP contribution >= 0.6 is 0 Å². The third-order valence-corrected chi connectivity index (χ3v) is 8.68. The van der Waals surface area contributed by atoms with E-state index in [0.29, 0.717) is 63.4 Å². The Balaban J connectivity index is 1.15. The summed E-state index contributed by atoms with van der Waals surface area (Å²) >= 11 is 0. The minimum absolute atomic E-state index is 0.0159. The van der Waals surface area contributed by atoms with E-state index in [9.17, 15) is 19.5 Å². The number of amides is 3. The fourth-order valence-corrected chi connectivity index (χ4v) is 6.34. The molecule has 0 bridgehead atoms. The number of hydrogen-bond donors (Lipinski definition) is 5. The first-order chi connectivity index (χ1) is 21.9. The number of alkyl carbamates (subject to hydrolysis) is 1. The van der Waals surface area contributed by atoms with Crippen molar-refractivity contribution in [3.05, 3.63) is 59.7 Å². The lowest BCUT2D eigenvalue weighted by molar-refractivity contribution is -0.179. The van der Waals surface area contributed by atoms with Gasteiger partial charge in [-0.3, -0.25) is 15.0 Å². The zero-order valence-electron chi connectivity index (χ0n) is 25.1. The average Bonchev–Trinajstić information content (AvgIpc) is 3.70. The first-order valence-corrected chi connectivity index (χ1v) is 15.7. The van der Waals surface area contributed by atoms with Crippen LogP contribution in [0.15, 0.2) is 48.5 Å². The Morgan fingerprint density at radius 2 is 1.89 bits per heavy atom. The predicted octanol–water partition coefficient (Wildman–Crippen LogP) is 1.57. The lowest BCUT2D eigenvalue weighted by atomic mass is 9.95. The summed E-state index contributed by atoms with van der Waals surface area (Å²) in [5.74, 6) is 0.223. The van der Waals surface area contributed by atoms with Crippen molar-refractivity contribution in [2.24, 2.45) is 5.92 Å². The van der Waals surface area contributed by atoms with Crippen LogP contribution in [0.25, 0.3) is 0 Å². The minimum Gasteiger partial charge on any atom is -0.490 e. The van der Waals surface area contributed by atoms with Crippen molar-refractivity contribution in [3.63, 3.8) is 0 Å². The average molecular weight is 624 g/mol. The molecule has 0 radical (unpaired) electrons. The Hall–Kier alpha value is -3.91. The van der Waals surface area contributed by atoms with Crippen LogP contribution in [0.3, 0.4) is 0 Å². The second-order valence-corrected chi connectivity index (χ2v) is 11.9. The molecule has 13 heteroatoms. The van der Waals surface area contributed by atoms with E-state index in [4.69, 9.17) is 18.9 Å². The standard InChI is InChI=1S/C32H41N5O8/c38-26(24(16-20-4-2-1-3-5-20)35-32(41)45-27-11-14-44-31-23(27)10-13-43-31)19-37(18-22-7-9-29(39)34-22)36-30(40)21-6-8-28-25(17-21)33-12-15-42-28/h1-6,8,17,22-24,26-27,31,33,38H,7,9-16,18-19H2,(H,34,39)(H,35,41)(H,36,40)/t22?,23?,24-,26+,27?,31+/m0/s1. The Labute approximate surface area is 261 Å². The van der Waals surface area contributed by atoms with Crippen LogP contribution in [0.2, 0.25) is 0 Å². The first-order valence-electron chi connectivity index (χ1n) is 15.7. The predicted molar refractivity (Wildman–Crippen MR) is 162 cm³/mol. The number of hydrogen-bond acceptors (Lipinski definition) is 10. The molecular formula is C32H41N5O8. The SMILES string of the molecule is O=C1CCC(CN(C[C@@H](O)[C@H](Cc2ccccc2)NC(=O)OC2CCO[C@H]3OCCC23)NC(=O)c2ccc3c(c2)NCCO3)N1. The molecule has 242 valence electrons. The summed E-state index contributed by atoms with van der Waals surface area (Å²) < 4.78 is 22.7. The molecule has 5 N–H and O–H groups in total. The molecule has 45 heavy (non-hydrogen) atoms. The molecule has 2 aromatic rings. The summed E-state index contributed by atoms with van der Waals surface area (Å²) in [5, 5.41) is 22.3.